The molecule has 0 amide bonds. The highest BCUT2D eigenvalue weighted by molar-refractivity contribution is 7.89. The standard InChI is InChI=1S/C26H24N2O6S/c1-16(26(29)17-9-11-19(12-10-17)35(31,32)27-30)20-14-21(25(34-4)15-24(20)33-3)23-13-18-7-5-6-8-22(18)28(23)2/h5-15,27,30H,1H2,2-4H3. The molecular formula is C26H24N2O6S. The normalized spacial score (nSPS) is 11.4. The van der Waals surface area contributed by atoms with Crippen LogP contribution in [-0.2, 0) is 17.1 Å². The topological polar surface area (TPSA) is 107 Å². The quantitative estimate of drug-likeness (QED) is 0.214. The van der Waals surface area contributed by atoms with Gasteiger partial charge in [-0.3, -0.25) is 4.79 Å². The van der Waals surface area contributed by atoms with Crippen LogP contribution in [0.2, 0.25) is 0 Å². The van der Waals surface area contributed by atoms with E-state index in [1.807, 2.05) is 41.9 Å². The zero-order valence-electron chi connectivity index (χ0n) is 19.4. The van der Waals surface area contributed by atoms with Gasteiger partial charge in [0.15, 0.2) is 5.78 Å². The van der Waals surface area contributed by atoms with Crippen LogP contribution in [0.1, 0.15) is 15.9 Å². The fourth-order valence-corrected chi connectivity index (χ4v) is 4.62. The Bertz CT molecular complexity index is 1550. The number of aryl methyl sites for hydroxylation is 1. The molecule has 2 N–H and O–H groups in total. The summed E-state index contributed by atoms with van der Waals surface area (Å²) in [5.41, 5.74) is 3.57. The van der Waals surface area contributed by atoms with Crippen LogP contribution >= 0.6 is 0 Å². The van der Waals surface area contributed by atoms with Crippen LogP contribution in [0.5, 0.6) is 11.5 Å². The number of hydrogen-bond acceptors (Lipinski definition) is 6. The van der Waals surface area contributed by atoms with E-state index in [0.717, 1.165) is 22.2 Å². The monoisotopic (exact) mass is 492 g/mol. The van der Waals surface area contributed by atoms with Gasteiger partial charge in [0.1, 0.15) is 11.5 Å². The van der Waals surface area contributed by atoms with E-state index in [1.165, 1.54) is 36.3 Å². The molecule has 0 aliphatic rings. The summed E-state index contributed by atoms with van der Waals surface area (Å²) in [4.78, 5) is 14.3. The van der Waals surface area contributed by atoms with Crippen LogP contribution in [0.3, 0.4) is 0 Å². The van der Waals surface area contributed by atoms with Crippen molar-refractivity contribution in [2.75, 3.05) is 14.2 Å². The Kier molecular flexibility index (Phi) is 6.49. The van der Waals surface area contributed by atoms with Gasteiger partial charge >= 0.3 is 0 Å². The lowest BCUT2D eigenvalue weighted by atomic mass is 9.94. The first-order valence-corrected chi connectivity index (χ1v) is 12.0. The Hall–Kier alpha value is -3.92. The second kappa shape index (κ2) is 9.38. The zero-order chi connectivity index (χ0) is 25.3. The van der Waals surface area contributed by atoms with Gasteiger partial charge in [-0.2, -0.15) is 0 Å². The molecule has 0 aliphatic heterocycles. The molecule has 4 rings (SSSR count). The number of nitrogens with one attached hydrogen (secondary N) is 1. The molecule has 0 atom stereocenters. The van der Waals surface area contributed by atoms with Crippen LogP contribution in [0.4, 0.5) is 0 Å². The third kappa shape index (κ3) is 4.32. The SMILES string of the molecule is C=C(C(=O)c1ccc(S(=O)(=O)NO)cc1)c1cc(-c2cc3ccccc3n2C)c(OC)cc1OC. The molecule has 8 nitrogen and oxygen atoms in total. The predicted molar refractivity (Wildman–Crippen MR) is 133 cm³/mol. The lowest BCUT2D eigenvalue weighted by Gasteiger charge is -2.17. The maximum absolute atomic E-state index is 13.2. The van der Waals surface area contributed by atoms with E-state index in [2.05, 4.69) is 6.58 Å². The molecule has 0 radical (unpaired) electrons. The third-order valence-corrected chi connectivity index (χ3v) is 7.03. The fraction of sp³-hybridized carbons (Fsp3) is 0.115. The molecular weight excluding hydrogens is 468 g/mol. The second-order valence-corrected chi connectivity index (χ2v) is 9.49. The predicted octanol–water partition coefficient (Wildman–Crippen LogP) is 4.43. The Morgan fingerprint density at radius 3 is 2.23 bits per heavy atom. The molecule has 0 fully saturated rings. The number of allylic oxidation sites excluding steroid dienone is 1. The summed E-state index contributed by atoms with van der Waals surface area (Å²) < 4.78 is 36.7. The molecule has 0 saturated carbocycles. The molecule has 0 spiro atoms. The number of Topliss-reactive ketones (excluding diaryl/α,β-unsaturated/α-hetero) is 1. The number of aromatic nitrogens is 1. The first kappa shape index (κ1) is 24.2. The van der Waals surface area contributed by atoms with Gasteiger partial charge in [-0.15, -0.1) is 0 Å². The van der Waals surface area contributed by atoms with Crippen molar-refractivity contribution in [3.05, 3.63) is 84.4 Å². The second-order valence-electron chi connectivity index (χ2n) is 7.83. The van der Waals surface area contributed by atoms with Crippen molar-refractivity contribution < 1.29 is 27.9 Å². The number of hydrogen-bond donors (Lipinski definition) is 2. The highest BCUT2D eigenvalue weighted by Gasteiger charge is 2.22. The van der Waals surface area contributed by atoms with Gasteiger partial charge in [0, 0.05) is 46.3 Å². The lowest BCUT2D eigenvalue weighted by Crippen LogP contribution is -2.19. The Labute approximate surface area is 203 Å². The molecule has 0 bridgehead atoms. The Balaban J connectivity index is 1.80. The Morgan fingerprint density at radius 1 is 0.971 bits per heavy atom. The molecule has 0 aliphatic carbocycles. The van der Waals surface area contributed by atoms with Gasteiger partial charge in [0.25, 0.3) is 10.0 Å². The average molecular weight is 493 g/mol. The van der Waals surface area contributed by atoms with E-state index in [9.17, 15) is 13.2 Å². The highest BCUT2D eigenvalue weighted by Crippen LogP contribution is 2.40. The molecule has 3 aromatic carbocycles. The smallest absolute Gasteiger partial charge is 0.262 e. The van der Waals surface area contributed by atoms with E-state index >= 15 is 0 Å². The van der Waals surface area contributed by atoms with E-state index in [1.54, 1.807) is 19.2 Å². The van der Waals surface area contributed by atoms with Crippen LogP contribution < -0.4 is 14.4 Å². The number of ketones is 1. The average Bonchev–Trinajstić information content (AvgIpc) is 3.23. The molecule has 1 aromatic heterocycles. The van der Waals surface area contributed by atoms with Crippen molar-refractivity contribution in [2.45, 2.75) is 4.90 Å². The van der Waals surface area contributed by atoms with Crippen LogP contribution in [0.15, 0.2) is 78.2 Å². The summed E-state index contributed by atoms with van der Waals surface area (Å²) in [6, 6.07) is 18.7. The number of carbonyl (C=O) groups excluding carboxylic acids is 1. The molecule has 35 heavy (non-hydrogen) atoms. The highest BCUT2D eigenvalue weighted by atomic mass is 32.2. The van der Waals surface area contributed by atoms with Crippen molar-refractivity contribution in [3.63, 3.8) is 0 Å². The minimum absolute atomic E-state index is 0.167. The number of para-hydroxylation sites is 1. The fourth-order valence-electron chi connectivity index (χ4n) is 4.02. The van der Waals surface area contributed by atoms with Gasteiger partial charge in [-0.1, -0.05) is 29.7 Å². The molecule has 180 valence electrons. The van der Waals surface area contributed by atoms with Gasteiger partial charge < -0.3 is 19.2 Å². The van der Waals surface area contributed by atoms with Crippen LogP contribution in [-0.4, -0.2) is 38.2 Å². The number of benzene rings is 3. The van der Waals surface area contributed by atoms with Crippen LogP contribution in [0.25, 0.3) is 27.7 Å². The van der Waals surface area contributed by atoms with Crippen molar-refractivity contribution in [1.82, 2.24) is 9.45 Å². The summed E-state index contributed by atoms with van der Waals surface area (Å²) in [7, 11) is 0.970. The first-order chi connectivity index (χ1) is 16.7. The summed E-state index contributed by atoms with van der Waals surface area (Å²) in [6.45, 7) is 4.00. The van der Waals surface area contributed by atoms with Crippen molar-refractivity contribution in [1.29, 1.82) is 0 Å². The third-order valence-electron chi connectivity index (χ3n) is 5.90. The van der Waals surface area contributed by atoms with Gasteiger partial charge in [0.05, 0.1) is 24.8 Å². The first-order valence-electron chi connectivity index (χ1n) is 10.5. The molecule has 0 saturated heterocycles. The minimum Gasteiger partial charge on any atom is -0.496 e. The molecule has 0 unspecified atom stereocenters. The summed E-state index contributed by atoms with van der Waals surface area (Å²) in [5.74, 6) is 0.576. The summed E-state index contributed by atoms with van der Waals surface area (Å²) >= 11 is 0. The number of nitrogens with zero attached hydrogens (tertiary/aromatic N) is 1. The van der Waals surface area contributed by atoms with Gasteiger partial charge in [-0.05, 0) is 42.5 Å². The number of carbonyl (C=O) groups is 1. The number of ether oxygens (including phenoxy) is 2. The number of rotatable bonds is 8. The maximum atomic E-state index is 13.2. The molecule has 9 heteroatoms. The number of methoxy groups -OCH3 is 2. The molecule has 1 heterocycles. The summed E-state index contributed by atoms with van der Waals surface area (Å²) in [6.07, 6.45) is 0. The van der Waals surface area contributed by atoms with Crippen molar-refractivity contribution >= 4 is 32.3 Å². The zero-order valence-corrected chi connectivity index (χ0v) is 20.2. The Morgan fingerprint density at radius 2 is 1.63 bits per heavy atom. The van der Waals surface area contributed by atoms with Gasteiger partial charge in [0.2, 0.25) is 0 Å². The van der Waals surface area contributed by atoms with Crippen molar-refractivity contribution in [2.24, 2.45) is 7.05 Å². The summed E-state index contributed by atoms with van der Waals surface area (Å²) in [5, 5.41) is 9.87. The maximum Gasteiger partial charge on any atom is 0.262 e. The largest absolute Gasteiger partial charge is 0.496 e. The van der Waals surface area contributed by atoms with E-state index in [4.69, 9.17) is 14.7 Å². The van der Waals surface area contributed by atoms with E-state index < -0.39 is 15.8 Å². The van der Waals surface area contributed by atoms with E-state index in [0.29, 0.717) is 17.1 Å². The minimum atomic E-state index is -4.05. The number of fused-ring (bicyclic) bond motifs is 1. The van der Waals surface area contributed by atoms with Gasteiger partial charge in [-0.25, -0.2) is 8.42 Å². The number of sulfonamides is 1. The van der Waals surface area contributed by atoms with Crippen molar-refractivity contribution in [3.8, 4) is 22.8 Å². The lowest BCUT2D eigenvalue weighted by molar-refractivity contribution is 0.105. The van der Waals surface area contributed by atoms with E-state index in [-0.39, 0.29) is 16.0 Å². The molecule has 4 aromatic rings. The van der Waals surface area contributed by atoms with Crippen LogP contribution in [0, 0.1) is 0 Å².